The molecule has 0 N–H and O–H groups in total. The first-order valence-electron chi connectivity index (χ1n) is 9.01. The quantitative estimate of drug-likeness (QED) is 0.550. The Morgan fingerprint density at radius 1 is 1.48 bits per heavy atom. The summed E-state index contributed by atoms with van der Waals surface area (Å²) in [4.78, 5) is 32.1. The van der Waals surface area contributed by atoms with E-state index in [0.29, 0.717) is 34.1 Å². The van der Waals surface area contributed by atoms with Crippen LogP contribution in [0.15, 0.2) is 28.5 Å². The van der Waals surface area contributed by atoms with Crippen LogP contribution in [-0.4, -0.2) is 46.9 Å². The molecule has 2 aromatic rings. The lowest BCUT2D eigenvalue weighted by atomic mass is 9.69. The van der Waals surface area contributed by atoms with Gasteiger partial charge in [-0.05, 0) is 34.5 Å². The number of amides is 1. The van der Waals surface area contributed by atoms with Crippen LogP contribution in [0.2, 0.25) is 5.02 Å². The Hall–Kier alpha value is -1.79. The van der Waals surface area contributed by atoms with Crippen molar-refractivity contribution in [3.05, 3.63) is 38.4 Å². The van der Waals surface area contributed by atoms with E-state index in [-0.39, 0.29) is 23.8 Å². The first-order valence-corrected chi connectivity index (χ1v) is 11.0. The van der Waals surface area contributed by atoms with E-state index in [9.17, 15) is 14.9 Å². The molecule has 29 heavy (non-hydrogen) atoms. The van der Waals surface area contributed by atoms with Gasteiger partial charge in [-0.2, -0.15) is 5.26 Å². The molecular weight excluding hydrogens is 478 g/mol. The Bertz CT molecular complexity index is 1120. The molecule has 1 aliphatic heterocycles. The number of nitrogens with zero attached hydrogens (tertiary/aromatic N) is 3. The lowest BCUT2D eigenvalue weighted by Crippen LogP contribution is -2.56. The van der Waals surface area contributed by atoms with Crippen LogP contribution in [0.1, 0.15) is 29.9 Å². The molecule has 3 heterocycles. The number of carbonyl (C=O) groups excluding carboxylic acids is 2. The fourth-order valence-electron chi connectivity index (χ4n) is 4.07. The number of pyridine rings is 1. The SMILES string of the molecule is CC1(C)CC2(C=C(C#N)C1=O)CN(C(=O)c1sc3c(Br)nccc3c1Cl)CCO2. The number of thiophene rings is 1. The number of morpholine rings is 1. The van der Waals surface area contributed by atoms with Gasteiger partial charge in [-0.15, -0.1) is 11.3 Å². The molecule has 6 nitrogen and oxygen atoms in total. The van der Waals surface area contributed by atoms with Crippen molar-refractivity contribution in [1.29, 1.82) is 5.26 Å². The number of aromatic nitrogens is 1. The van der Waals surface area contributed by atoms with Crippen molar-refractivity contribution in [3.63, 3.8) is 0 Å². The lowest BCUT2D eigenvalue weighted by molar-refractivity contribution is -0.134. The normalized spacial score (nSPS) is 23.9. The average molecular weight is 495 g/mol. The van der Waals surface area contributed by atoms with Crippen LogP contribution in [0.4, 0.5) is 0 Å². The van der Waals surface area contributed by atoms with Gasteiger partial charge in [0.2, 0.25) is 0 Å². The summed E-state index contributed by atoms with van der Waals surface area (Å²) in [6, 6.07) is 3.77. The number of allylic oxidation sites excluding steroid dienone is 1. The van der Waals surface area contributed by atoms with Crippen molar-refractivity contribution < 1.29 is 14.3 Å². The van der Waals surface area contributed by atoms with Crippen molar-refractivity contribution in [2.75, 3.05) is 19.7 Å². The summed E-state index contributed by atoms with van der Waals surface area (Å²) in [5.74, 6) is -0.380. The summed E-state index contributed by atoms with van der Waals surface area (Å²) in [5.41, 5.74) is -1.51. The highest BCUT2D eigenvalue weighted by Gasteiger charge is 2.48. The second kappa shape index (κ2) is 7.17. The molecule has 2 aromatic heterocycles. The third-order valence-corrected chi connectivity index (χ3v) is 7.89. The highest BCUT2D eigenvalue weighted by atomic mass is 79.9. The number of ketones is 1. The van der Waals surface area contributed by atoms with Crippen LogP contribution in [0.25, 0.3) is 10.1 Å². The van der Waals surface area contributed by atoms with Crippen molar-refractivity contribution in [3.8, 4) is 6.07 Å². The number of rotatable bonds is 1. The van der Waals surface area contributed by atoms with Crippen LogP contribution in [0.3, 0.4) is 0 Å². The van der Waals surface area contributed by atoms with Gasteiger partial charge in [-0.3, -0.25) is 9.59 Å². The van der Waals surface area contributed by atoms with Gasteiger partial charge in [-0.25, -0.2) is 4.98 Å². The zero-order chi connectivity index (χ0) is 21.0. The smallest absolute Gasteiger partial charge is 0.265 e. The largest absolute Gasteiger partial charge is 0.367 e. The zero-order valence-electron chi connectivity index (χ0n) is 15.8. The van der Waals surface area contributed by atoms with Crippen LogP contribution in [-0.2, 0) is 9.53 Å². The highest BCUT2D eigenvalue weighted by Crippen LogP contribution is 2.43. The molecule has 1 aliphatic carbocycles. The third-order valence-electron chi connectivity index (χ3n) is 5.32. The summed E-state index contributed by atoms with van der Waals surface area (Å²) in [5, 5.41) is 10.6. The Kier molecular flexibility index (Phi) is 5.06. The molecule has 0 saturated carbocycles. The maximum absolute atomic E-state index is 13.3. The minimum atomic E-state index is -0.859. The van der Waals surface area contributed by atoms with Gasteiger partial charge < -0.3 is 9.64 Å². The molecule has 0 radical (unpaired) electrons. The second-order valence-electron chi connectivity index (χ2n) is 7.92. The number of nitriles is 1. The molecule has 1 saturated heterocycles. The second-order valence-corrected chi connectivity index (χ2v) is 10.1. The Balaban J connectivity index is 1.69. The lowest BCUT2D eigenvalue weighted by Gasteiger charge is -2.46. The summed E-state index contributed by atoms with van der Waals surface area (Å²) < 4.78 is 7.49. The van der Waals surface area contributed by atoms with Gasteiger partial charge in [0.15, 0.2) is 5.78 Å². The summed E-state index contributed by atoms with van der Waals surface area (Å²) >= 11 is 11.2. The van der Waals surface area contributed by atoms with Gasteiger partial charge in [-0.1, -0.05) is 25.4 Å². The van der Waals surface area contributed by atoms with Crippen LogP contribution in [0, 0.1) is 16.7 Å². The maximum Gasteiger partial charge on any atom is 0.265 e. The summed E-state index contributed by atoms with van der Waals surface area (Å²) in [6.07, 6.45) is 3.63. The van der Waals surface area contributed by atoms with Gasteiger partial charge in [0.1, 0.15) is 21.2 Å². The monoisotopic (exact) mass is 493 g/mol. The topological polar surface area (TPSA) is 83.3 Å². The fraction of sp³-hybridized carbons (Fsp3) is 0.400. The number of fused-ring (bicyclic) bond motifs is 1. The number of halogens is 2. The molecule has 0 bridgehead atoms. The van der Waals surface area contributed by atoms with Crippen molar-refractivity contribution in [2.45, 2.75) is 25.9 Å². The van der Waals surface area contributed by atoms with E-state index in [1.54, 1.807) is 37.1 Å². The average Bonchev–Trinajstić information content (AvgIpc) is 3.02. The highest BCUT2D eigenvalue weighted by molar-refractivity contribution is 9.10. The van der Waals surface area contributed by atoms with E-state index in [4.69, 9.17) is 16.3 Å². The van der Waals surface area contributed by atoms with Gasteiger partial charge >= 0.3 is 0 Å². The van der Waals surface area contributed by atoms with E-state index < -0.39 is 11.0 Å². The number of hydrogen-bond donors (Lipinski definition) is 0. The number of carbonyl (C=O) groups is 2. The van der Waals surface area contributed by atoms with Crippen molar-refractivity contribution >= 4 is 60.6 Å². The van der Waals surface area contributed by atoms with Crippen LogP contribution >= 0.6 is 38.9 Å². The van der Waals surface area contributed by atoms with E-state index in [0.717, 1.165) is 10.1 Å². The minimum Gasteiger partial charge on any atom is -0.367 e. The van der Waals surface area contributed by atoms with E-state index >= 15 is 0 Å². The predicted molar refractivity (Wildman–Crippen MR) is 114 cm³/mol. The molecule has 150 valence electrons. The van der Waals surface area contributed by atoms with Crippen LogP contribution in [0.5, 0.6) is 0 Å². The molecule has 1 amide bonds. The molecule has 1 spiro atoms. The van der Waals surface area contributed by atoms with Gasteiger partial charge in [0, 0.05) is 23.5 Å². The Morgan fingerprint density at radius 3 is 2.93 bits per heavy atom. The van der Waals surface area contributed by atoms with E-state index in [1.165, 1.54) is 11.3 Å². The van der Waals surface area contributed by atoms with Crippen LogP contribution < -0.4 is 0 Å². The molecule has 1 fully saturated rings. The Morgan fingerprint density at radius 2 is 2.24 bits per heavy atom. The standard InChI is InChI=1S/C20H17BrClN3O3S/c1-19(2)9-20(7-11(8-23)16(19)26)10-25(5-6-28-20)18(27)15-13(22)12-3-4-24-17(21)14(12)29-15/h3-4,7H,5-6,9-10H2,1-2H3. The van der Waals surface area contributed by atoms with Crippen molar-refractivity contribution in [1.82, 2.24) is 9.88 Å². The first-order chi connectivity index (χ1) is 13.7. The molecule has 9 heteroatoms. The van der Waals surface area contributed by atoms with Gasteiger partial charge in [0.05, 0.1) is 28.4 Å². The summed E-state index contributed by atoms with van der Waals surface area (Å²) in [7, 11) is 0. The maximum atomic E-state index is 13.3. The number of ether oxygens (including phenoxy) is 1. The Labute approximate surface area is 185 Å². The van der Waals surface area contributed by atoms with Gasteiger partial charge in [0.25, 0.3) is 5.91 Å². The molecule has 4 rings (SSSR count). The van der Waals surface area contributed by atoms with Crippen molar-refractivity contribution in [2.24, 2.45) is 5.41 Å². The molecule has 0 aromatic carbocycles. The summed E-state index contributed by atoms with van der Waals surface area (Å²) in [6.45, 7) is 4.60. The molecule has 1 atom stereocenters. The number of hydrogen-bond acceptors (Lipinski definition) is 6. The molecular formula is C20H17BrClN3O3S. The fourth-order valence-corrected chi connectivity index (χ4v) is 6.09. The van der Waals surface area contributed by atoms with E-state index in [1.807, 2.05) is 6.07 Å². The molecule has 2 aliphatic rings. The van der Waals surface area contributed by atoms with E-state index in [2.05, 4.69) is 20.9 Å². The predicted octanol–water partition coefficient (Wildman–Crippen LogP) is 4.37. The molecule has 1 unspecified atom stereocenters. The number of Topliss-reactive ketones (excluding diaryl/α,β-unsaturated/α-hetero) is 1. The minimum absolute atomic E-state index is 0.0884. The first kappa shape index (κ1) is 20.5. The zero-order valence-corrected chi connectivity index (χ0v) is 18.9. The third kappa shape index (κ3) is 3.40.